The number of rotatable bonds is 8. The van der Waals surface area contributed by atoms with Crippen molar-refractivity contribution in [2.75, 3.05) is 13.7 Å². The number of allylic oxidation sites excluding steroid dienone is 2. The smallest absolute Gasteiger partial charge is 0.482 e. The van der Waals surface area contributed by atoms with Crippen LogP contribution in [0.25, 0.3) is 18.2 Å². The maximum atomic E-state index is 13.9. The molecule has 0 atom stereocenters. The first kappa shape index (κ1) is 22.1. The monoisotopic (exact) mass is 448 g/mol. The van der Waals surface area contributed by atoms with Crippen molar-refractivity contribution in [2.45, 2.75) is 0 Å². The Labute approximate surface area is 189 Å². The van der Waals surface area contributed by atoms with Gasteiger partial charge in [-0.3, -0.25) is 8.63 Å². The number of H-pyrrole nitrogens is 1. The minimum Gasteiger partial charge on any atom is -0.482 e. The van der Waals surface area contributed by atoms with E-state index in [0.29, 0.717) is 17.1 Å². The fourth-order valence-corrected chi connectivity index (χ4v) is 3.54. The highest BCUT2D eigenvalue weighted by atomic mass is 19.2. The molecule has 0 saturated heterocycles. The van der Waals surface area contributed by atoms with Gasteiger partial charge in [0.05, 0.1) is 0 Å². The molecule has 9 heteroatoms. The van der Waals surface area contributed by atoms with Gasteiger partial charge in [-0.25, -0.2) is 4.79 Å². The highest BCUT2D eigenvalue weighted by Crippen LogP contribution is 2.21. The van der Waals surface area contributed by atoms with E-state index in [4.69, 9.17) is 9.84 Å². The highest BCUT2D eigenvalue weighted by Gasteiger charge is 2.25. The summed E-state index contributed by atoms with van der Waals surface area (Å²) in [6.07, 6.45) is 10.7. The second kappa shape index (κ2) is 9.56. The van der Waals surface area contributed by atoms with Crippen molar-refractivity contribution in [1.82, 2.24) is 9.46 Å². The van der Waals surface area contributed by atoms with Crippen LogP contribution in [-0.4, -0.2) is 51.9 Å². The van der Waals surface area contributed by atoms with Crippen LogP contribution in [0.5, 0.6) is 5.75 Å². The number of carboxylic acids is 1. The molecular formula is C24H21BF2N3O3+. The van der Waals surface area contributed by atoms with E-state index in [1.54, 1.807) is 54.6 Å². The molecule has 0 fully saturated rings. The van der Waals surface area contributed by atoms with Crippen molar-refractivity contribution in [3.8, 4) is 5.75 Å². The predicted molar refractivity (Wildman–Crippen MR) is 125 cm³/mol. The number of aromatic amines is 1. The third-order valence-corrected chi connectivity index (χ3v) is 5.20. The number of ether oxygens (including phenoxy) is 1. The summed E-state index contributed by atoms with van der Waals surface area (Å²) in [5.41, 5.74) is 4.22. The number of carboxylic acid groups (broad SMARTS) is 1. The fraction of sp³-hybridized carbons (Fsp3) is 0.0833. The lowest BCUT2D eigenvalue weighted by molar-refractivity contribution is -0.432. The van der Waals surface area contributed by atoms with E-state index in [1.807, 2.05) is 42.1 Å². The molecule has 4 rings (SSSR count). The molecule has 0 aliphatic carbocycles. The molecule has 2 aromatic heterocycles. The van der Waals surface area contributed by atoms with Crippen LogP contribution in [0.3, 0.4) is 0 Å². The van der Waals surface area contributed by atoms with Crippen LogP contribution < -0.4 is 4.74 Å². The second-order valence-electron chi connectivity index (χ2n) is 7.35. The molecule has 1 aromatic carbocycles. The molecule has 0 unspecified atom stereocenters. The number of hydrogen-bond acceptors (Lipinski definition) is 2. The first-order valence-corrected chi connectivity index (χ1v) is 10.2. The Morgan fingerprint density at radius 1 is 1.12 bits per heavy atom. The number of benzene rings is 1. The Kier molecular flexibility index (Phi) is 6.39. The molecule has 3 heterocycles. The minimum absolute atomic E-state index is 0.362. The number of carbonyl (C=O) groups is 1. The van der Waals surface area contributed by atoms with Crippen LogP contribution in [0.1, 0.15) is 22.6 Å². The third-order valence-electron chi connectivity index (χ3n) is 5.20. The lowest BCUT2D eigenvalue weighted by Gasteiger charge is -2.06. The summed E-state index contributed by atoms with van der Waals surface area (Å²) in [5.74, 6) is -0.640. The molecule has 0 spiro atoms. The van der Waals surface area contributed by atoms with Gasteiger partial charge < -0.3 is 19.3 Å². The van der Waals surface area contributed by atoms with Crippen molar-refractivity contribution >= 4 is 37.3 Å². The first-order chi connectivity index (χ1) is 15.9. The molecule has 33 heavy (non-hydrogen) atoms. The average Bonchev–Trinajstić information content (AvgIpc) is 3.53. The minimum atomic E-state index is -2.71. The Morgan fingerprint density at radius 3 is 2.55 bits per heavy atom. The SMILES string of the molecule is C[N+]1=C(c2ccc[nH]2)C=C/C1=C/c1ccc(/C=C/c2ccc(OCC(=O)O)cc2)n1B(F)F. The van der Waals surface area contributed by atoms with Crippen molar-refractivity contribution in [2.24, 2.45) is 0 Å². The Balaban J connectivity index is 1.56. The van der Waals surface area contributed by atoms with E-state index in [2.05, 4.69) is 4.98 Å². The quantitative estimate of drug-likeness (QED) is 0.400. The summed E-state index contributed by atoms with van der Waals surface area (Å²) in [6.45, 7) is -0.427. The topological polar surface area (TPSA) is 70.3 Å². The zero-order valence-electron chi connectivity index (χ0n) is 17.8. The molecule has 166 valence electrons. The Hall–Kier alpha value is -4.14. The highest BCUT2D eigenvalue weighted by molar-refractivity contribution is 6.41. The summed E-state index contributed by atoms with van der Waals surface area (Å²) < 4.78 is 35.8. The van der Waals surface area contributed by atoms with Gasteiger partial charge >= 0.3 is 13.4 Å². The summed E-state index contributed by atoms with van der Waals surface area (Å²) >= 11 is 0. The molecule has 3 aromatic rings. The zero-order chi connectivity index (χ0) is 23.4. The van der Waals surface area contributed by atoms with E-state index in [0.717, 1.165) is 27.1 Å². The van der Waals surface area contributed by atoms with Gasteiger partial charge in [-0.05, 0) is 48.0 Å². The van der Waals surface area contributed by atoms with Crippen LogP contribution >= 0.6 is 0 Å². The van der Waals surface area contributed by atoms with E-state index >= 15 is 0 Å². The van der Waals surface area contributed by atoms with E-state index < -0.39 is 20.0 Å². The largest absolute Gasteiger partial charge is 0.678 e. The summed E-state index contributed by atoms with van der Waals surface area (Å²) in [5, 5.41) is 8.66. The Bertz CT molecular complexity index is 1270. The number of halogens is 2. The van der Waals surface area contributed by atoms with E-state index in [-0.39, 0.29) is 0 Å². The summed E-state index contributed by atoms with van der Waals surface area (Å²) in [6, 6.07) is 13.9. The number of aromatic nitrogens is 2. The third kappa shape index (κ3) is 5.03. The number of nitrogens with zero attached hydrogens (tertiary/aromatic N) is 2. The molecule has 6 nitrogen and oxygen atoms in total. The van der Waals surface area contributed by atoms with Crippen LogP contribution in [0.15, 0.2) is 72.6 Å². The average molecular weight is 448 g/mol. The van der Waals surface area contributed by atoms with E-state index in [1.165, 1.54) is 0 Å². The zero-order valence-corrected chi connectivity index (χ0v) is 17.8. The standard InChI is InChI=1S/C24H20BF2N3O3/c1-29-19(10-13-23(29)22-3-2-14-28-22)15-20-9-8-18(30(20)25(26)27)7-4-17-5-11-21(12-6-17)33-16-24(31)32/h2-15H,16H2,1H3,(H,31,32)/p+1/b7-4+,19-15-. The second-order valence-corrected chi connectivity index (χ2v) is 7.35. The molecule has 0 radical (unpaired) electrons. The van der Waals surface area contributed by atoms with Gasteiger partial charge in [0.15, 0.2) is 6.61 Å². The van der Waals surface area contributed by atoms with Gasteiger partial charge in [0.2, 0.25) is 11.4 Å². The normalized spacial score (nSPS) is 14.6. The van der Waals surface area contributed by atoms with Gasteiger partial charge in [-0.1, -0.05) is 18.2 Å². The van der Waals surface area contributed by atoms with Crippen LogP contribution in [0, 0.1) is 0 Å². The number of nitrogens with one attached hydrogen (secondary N) is 1. The van der Waals surface area contributed by atoms with Crippen LogP contribution in [0.2, 0.25) is 0 Å². The van der Waals surface area contributed by atoms with Crippen LogP contribution in [0.4, 0.5) is 8.63 Å². The van der Waals surface area contributed by atoms with Crippen LogP contribution in [-0.2, 0) is 4.79 Å². The van der Waals surface area contributed by atoms with Crippen molar-refractivity contribution < 1.29 is 27.8 Å². The van der Waals surface area contributed by atoms with Gasteiger partial charge in [-0.15, -0.1) is 0 Å². The molecule has 1 aliphatic heterocycles. The molecule has 1 aliphatic rings. The molecule has 2 N–H and O–H groups in total. The Morgan fingerprint density at radius 2 is 1.88 bits per heavy atom. The fourth-order valence-electron chi connectivity index (χ4n) is 3.54. The van der Waals surface area contributed by atoms with Crippen molar-refractivity contribution in [3.05, 3.63) is 95.2 Å². The number of likely N-dealkylation sites (N-methyl/N-ethyl adjacent to an activating group) is 1. The maximum absolute atomic E-state index is 13.9. The number of aliphatic carboxylic acids is 1. The molecular weight excluding hydrogens is 427 g/mol. The first-order valence-electron chi connectivity index (χ1n) is 10.2. The van der Waals surface area contributed by atoms with Gasteiger partial charge in [0, 0.05) is 35.8 Å². The molecule has 0 amide bonds. The lowest BCUT2D eigenvalue weighted by Crippen LogP contribution is -2.16. The molecule has 0 saturated carbocycles. The summed E-state index contributed by atoms with van der Waals surface area (Å²) in [4.78, 5) is 13.7. The predicted octanol–water partition coefficient (Wildman–Crippen LogP) is 4.26. The summed E-state index contributed by atoms with van der Waals surface area (Å²) in [7, 11) is -0.816. The van der Waals surface area contributed by atoms with E-state index in [9.17, 15) is 13.4 Å². The van der Waals surface area contributed by atoms with Gasteiger partial charge in [0.25, 0.3) is 0 Å². The maximum Gasteiger partial charge on any atom is 0.678 e. The van der Waals surface area contributed by atoms with Gasteiger partial charge in [-0.2, -0.15) is 4.58 Å². The van der Waals surface area contributed by atoms with Gasteiger partial charge in [0.1, 0.15) is 18.5 Å². The van der Waals surface area contributed by atoms with Crippen molar-refractivity contribution in [1.29, 1.82) is 0 Å². The lowest BCUT2D eigenvalue weighted by atomic mass is 10.1. The molecule has 0 bridgehead atoms. The van der Waals surface area contributed by atoms with Crippen molar-refractivity contribution in [3.63, 3.8) is 0 Å². The number of hydrogen-bond donors (Lipinski definition) is 2.